The van der Waals surface area contributed by atoms with Crippen LogP contribution in [0.25, 0.3) is 0 Å². The van der Waals surface area contributed by atoms with Crippen LogP contribution in [-0.4, -0.2) is 22.9 Å². The summed E-state index contributed by atoms with van der Waals surface area (Å²) in [6.45, 7) is 11.2. The van der Waals surface area contributed by atoms with Crippen molar-refractivity contribution >= 4 is 5.91 Å². The second-order valence-corrected chi connectivity index (χ2v) is 6.09. The number of nitrogens with zero attached hydrogens (tertiary/aromatic N) is 1. The molecule has 1 fully saturated rings. The summed E-state index contributed by atoms with van der Waals surface area (Å²) in [6.07, 6.45) is 1.80. The third-order valence-electron chi connectivity index (χ3n) is 4.39. The van der Waals surface area contributed by atoms with Gasteiger partial charge in [-0.2, -0.15) is 0 Å². The third-order valence-corrected chi connectivity index (χ3v) is 4.39. The maximum absolute atomic E-state index is 12.7. The largest absolute Gasteiger partial charge is 0.321 e. The first kappa shape index (κ1) is 15.0. The number of nitrogens with one attached hydrogen (secondary N) is 1. The lowest BCUT2D eigenvalue weighted by atomic mass is 9.99. The summed E-state index contributed by atoms with van der Waals surface area (Å²) in [5.41, 5.74) is 3.29. The van der Waals surface area contributed by atoms with Crippen molar-refractivity contribution in [2.24, 2.45) is 0 Å². The van der Waals surface area contributed by atoms with E-state index in [-0.39, 0.29) is 12.1 Å². The summed E-state index contributed by atoms with van der Waals surface area (Å²) in [5.74, 6) is 0.229. The lowest BCUT2D eigenvalue weighted by Gasteiger charge is -2.25. The van der Waals surface area contributed by atoms with Crippen LogP contribution in [0.5, 0.6) is 0 Å². The summed E-state index contributed by atoms with van der Waals surface area (Å²) in [4.78, 5) is 14.7. The molecule has 20 heavy (non-hydrogen) atoms. The van der Waals surface area contributed by atoms with Gasteiger partial charge in [-0.3, -0.25) is 10.1 Å². The second kappa shape index (κ2) is 5.57. The van der Waals surface area contributed by atoms with E-state index in [2.05, 4.69) is 51.2 Å². The standard InChI is InChI=1S/C17H26N2O/c1-6-10-19-15(18-17(5,7-2)16(19)20)14-9-8-12(3)11-13(14)4/h8-9,11,15,18H,6-7,10H2,1-5H3. The van der Waals surface area contributed by atoms with Crippen LogP contribution in [0.1, 0.15) is 56.5 Å². The molecule has 2 unspecified atom stereocenters. The van der Waals surface area contributed by atoms with Gasteiger partial charge in [0.15, 0.2) is 0 Å². The molecule has 1 aliphatic heterocycles. The van der Waals surface area contributed by atoms with Crippen molar-refractivity contribution in [1.82, 2.24) is 10.2 Å². The summed E-state index contributed by atoms with van der Waals surface area (Å²) in [6, 6.07) is 6.47. The number of hydrogen-bond donors (Lipinski definition) is 1. The molecule has 0 bridgehead atoms. The number of aryl methyl sites for hydroxylation is 2. The molecule has 0 saturated carbocycles. The molecule has 1 N–H and O–H groups in total. The number of benzene rings is 1. The van der Waals surface area contributed by atoms with Crippen molar-refractivity contribution in [1.29, 1.82) is 0 Å². The maximum Gasteiger partial charge on any atom is 0.244 e. The second-order valence-electron chi connectivity index (χ2n) is 6.09. The highest BCUT2D eigenvalue weighted by molar-refractivity contribution is 5.88. The first-order valence-corrected chi connectivity index (χ1v) is 7.59. The fraction of sp³-hybridized carbons (Fsp3) is 0.588. The molecule has 1 heterocycles. The Hall–Kier alpha value is -1.35. The molecule has 1 amide bonds. The minimum Gasteiger partial charge on any atom is -0.321 e. The lowest BCUT2D eigenvalue weighted by Crippen LogP contribution is -2.43. The van der Waals surface area contributed by atoms with Gasteiger partial charge in [0.05, 0.1) is 5.54 Å². The highest BCUT2D eigenvalue weighted by Gasteiger charge is 2.46. The number of rotatable bonds is 4. The zero-order valence-corrected chi connectivity index (χ0v) is 13.3. The number of carbonyl (C=O) groups excluding carboxylic acids is 1. The maximum atomic E-state index is 12.7. The van der Waals surface area contributed by atoms with Gasteiger partial charge in [0.1, 0.15) is 6.17 Å². The summed E-state index contributed by atoms with van der Waals surface area (Å²) in [5, 5.41) is 3.55. The molecule has 3 nitrogen and oxygen atoms in total. The van der Waals surface area contributed by atoms with E-state index in [0.717, 1.165) is 19.4 Å². The molecule has 0 radical (unpaired) electrons. The lowest BCUT2D eigenvalue weighted by molar-refractivity contribution is -0.133. The summed E-state index contributed by atoms with van der Waals surface area (Å²) in [7, 11) is 0. The van der Waals surface area contributed by atoms with Gasteiger partial charge >= 0.3 is 0 Å². The van der Waals surface area contributed by atoms with E-state index in [1.54, 1.807) is 0 Å². The topological polar surface area (TPSA) is 32.3 Å². The third kappa shape index (κ3) is 2.47. The molecule has 1 aliphatic rings. The van der Waals surface area contributed by atoms with Gasteiger partial charge in [0.2, 0.25) is 5.91 Å². The minimum atomic E-state index is -0.433. The van der Waals surface area contributed by atoms with Crippen LogP contribution in [0.2, 0.25) is 0 Å². The highest BCUT2D eigenvalue weighted by Crippen LogP contribution is 2.34. The molecule has 3 heteroatoms. The van der Waals surface area contributed by atoms with E-state index in [0.29, 0.717) is 0 Å². The zero-order chi connectivity index (χ0) is 14.9. The molecular formula is C17H26N2O. The SMILES string of the molecule is CCCN1C(=O)C(C)(CC)NC1c1ccc(C)cc1C. The van der Waals surface area contributed by atoms with E-state index < -0.39 is 5.54 Å². The number of amides is 1. The van der Waals surface area contributed by atoms with Crippen molar-refractivity contribution in [3.05, 3.63) is 34.9 Å². The van der Waals surface area contributed by atoms with E-state index in [1.165, 1.54) is 16.7 Å². The van der Waals surface area contributed by atoms with Gasteiger partial charge in [0, 0.05) is 6.54 Å². The fourth-order valence-corrected chi connectivity index (χ4v) is 2.98. The molecule has 0 aromatic heterocycles. The predicted octanol–water partition coefficient (Wildman–Crippen LogP) is 3.31. The van der Waals surface area contributed by atoms with Crippen molar-refractivity contribution in [2.75, 3.05) is 6.54 Å². The smallest absolute Gasteiger partial charge is 0.244 e. The Morgan fingerprint density at radius 1 is 1.30 bits per heavy atom. The molecule has 1 saturated heterocycles. The highest BCUT2D eigenvalue weighted by atomic mass is 16.2. The van der Waals surface area contributed by atoms with Crippen molar-refractivity contribution in [2.45, 2.75) is 59.2 Å². The monoisotopic (exact) mass is 274 g/mol. The van der Waals surface area contributed by atoms with Crippen molar-refractivity contribution in [3.63, 3.8) is 0 Å². The van der Waals surface area contributed by atoms with Crippen LogP contribution in [0.3, 0.4) is 0 Å². The number of hydrogen-bond acceptors (Lipinski definition) is 2. The molecule has 110 valence electrons. The van der Waals surface area contributed by atoms with E-state index in [1.807, 2.05) is 11.8 Å². The average Bonchev–Trinajstić information content (AvgIpc) is 2.65. The van der Waals surface area contributed by atoms with Gasteiger partial charge in [-0.15, -0.1) is 0 Å². The first-order chi connectivity index (χ1) is 9.42. The first-order valence-electron chi connectivity index (χ1n) is 7.59. The Balaban J connectivity index is 2.40. The molecule has 1 aromatic rings. The van der Waals surface area contributed by atoms with Gasteiger partial charge in [0.25, 0.3) is 0 Å². The average molecular weight is 274 g/mol. The van der Waals surface area contributed by atoms with E-state index in [4.69, 9.17) is 0 Å². The zero-order valence-electron chi connectivity index (χ0n) is 13.3. The number of carbonyl (C=O) groups is 1. The fourth-order valence-electron chi connectivity index (χ4n) is 2.98. The van der Waals surface area contributed by atoms with Crippen LogP contribution >= 0.6 is 0 Å². The van der Waals surface area contributed by atoms with Crippen LogP contribution in [0.4, 0.5) is 0 Å². The Labute approximate surface area is 122 Å². The molecule has 1 aromatic carbocycles. The predicted molar refractivity (Wildman–Crippen MR) is 82.5 cm³/mol. The molecule has 2 atom stereocenters. The van der Waals surface area contributed by atoms with Gasteiger partial charge in [-0.25, -0.2) is 0 Å². The molecular weight excluding hydrogens is 248 g/mol. The van der Waals surface area contributed by atoms with Crippen LogP contribution in [-0.2, 0) is 4.79 Å². The van der Waals surface area contributed by atoms with E-state index in [9.17, 15) is 4.79 Å². The van der Waals surface area contributed by atoms with Gasteiger partial charge in [-0.1, -0.05) is 37.6 Å². The van der Waals surface area contributed by atoms with Crippen LogP contribution in [0, 0.1) is 13.8 Å². The van der Waals surface area contributed by atoms with Gasteiger partial charge in [-0.05, 0) is 44.7 Å². The normalized spacial score (nSPS) is 26.4. The molecule has 0 spiro atoms. The van der Waals surface area contributed by atoms with Crippen molar-refractivity contribution < 1.29 is 4.79 Å². The Morgan fingerprint density at radius 3 is 2.55 bits per heavy atom. The quantitative estimate of drug-likeness (QED) is 0.913. The van der Waals surface area contributed by atoms with E-state index >= 15 is 0 Å². The van der Waals surface area contributed by atoms with Crippen molar-refractivity contribution in [3.8, 4) is 0 Å². The Bertz CT molecular complexity index is 512. The van der Waals surface area contributed by atoms with Crippen LogP contribution in [0.15, 0.2) is 18.2 Å². The van der Waals surface area contributed by atoms with Crippen LogP contribution < -0.4 is 5.32 Å². The summed E-state index contributed by atoms with van der Waals surface area (Å²) < 4.78 is 0. The Morgan fingerprint density at radius 2 is 2.00 bits per heavy atom. The minimum absolute atomic E-state index is 0.00741. The molecule has 0 aliphatic carbocycles. The Kier molecular flexibility index (Phi) is 4.19. The summed E-state index contributed by atoms with van der Waals surface area (Å²) >= 11 is 0. The van der Waals surface area contributed by atoms with Gasteiger partial charge < -0.3 is 4.90 Å². The molecule has 2 rings (SSSR count).